The van der Waals surface area contributed by atoms with Crippen molar-refractivity contribution in [3.05, 3.63) is 72.5 Å². The van der Waals surface area contributed by atoms with Crippen molar-refractivity contribution in [3.63, 3.8) is 0 Å². The van der Waals surface area contributed by atoms with E-state index in [0.717, 1.165) is 38.7 Å². The molecule has 0 saturated heterocycles. The molecule has 0 aliphatic carbocycles. The highest BCUT2D eigenvalue weighted by atomic mass is 19.1. The third-order valence-electron chi connectivity index (χ3n) is 4.03. The Balaban J connectivity index is 2.06. The van der Waals surface area contributed by atoms with Crippen LogP contribution in [0.2, 0.25) is 0 Å². The second kappa shape index (κ2) is 5.36. The summed E-state index contributed by atoms with van der Waals surface area (Å²) in [6.07, 6.45) is 0. The number of methoxy groups -OCH3 is 1. The average molecular weight is 303 g/mol. The lowest BCUT2D eigenvalue weighted by Crippen LogP contribution is -1.90. The maximum atomic E-state index is 13.6. The molecule has 1 heterocycles. The number of pyridine rings is 1. The van der Waals surface area contributed by atoms with E-state index < -0.39 is 0 Å². The molecule has 0 N–H and O–H groups in total. The molecule has 3 aromatic carbocycles. The summed E-state index contributed by atoms with van der Waals surface area (Å²) in [5.74, 6) is 0.558. The van der Waals surface area contributed by atoms with Crippen LogP contribution in [0.4, 0.5) is 4.39 Å². The first-order valence-corrected chi connectivity index (χ1v) is 7.39. The zero-order valence-electron chi connectivity index (χ0n) is 12.6. The molecule has 112 valence electrons. The summed E-state index contributed by atoms with van der Waals surface area (Å²) < 4.78 is 18.8. The Morgan fingerprint density at radius 2 is 1.57 bits per heavy atom. The average Bonchev–Trinajstić information content (AvgIpc) is 2.61. The minimum atomic E-state index is -0.248. The second-order valence-electron chi connectivity index (χ2n) is 5.40. The number of rotatable bonds is 2. The molecule has 0 spiro atoms. The molecule has 1 aromatic heterocycles. The van der Waals surface area contributed by atoms with Gasteiger partial charge in [-0.1, -0.05) is 24.3 Å². The van der Waals surface area contributed by atoms with E-state index in [4.69, 9.17) is 9.72 Å². The number of aromatic nitrogens is 1. The largest absolute Gasteiger partial charge is 0.497 e. The van der Waals surface area contributed by atoms with Crippen LogP contribution in [-0.4, -0.2) is 12.1 Å². The van der Waals surface area contributed by atoms with Crippen molar-refractivity contribution in [2.24, 2.45) is 0 Å². The first-order valence-electron chi connectivity index (χ1n) is 7.39. The van der Waals surface area contributed by atoms with Gasteiger partial charge in [0.15, 0.2) is 0 Å². The Hall–Kier alpha value is -2.94. The van der Waals surface area contributed by atoms with Crippen LogP contribution < -0.4 is 4.74 Å². The summed E-state index contributed by atoms with van der Waals surface area (Å²) in [7, 11) is 1.65. The number of ether oxygens (including phenoxy) is 1. The standard InChI is InChI=1S/C20H14FNO/c1-23-15-9-6-13(7-10-15)20-17-5-3-2-4-16(17)18-12-14(21)8-11-19(18)22-20/h2-12H,1H3. The molecular weight excluding hydrogens is 289 g/mol. The fourth-order valence-electron chi connectivity index (χ4n) is 2.90. The van der Waals surface area contributed by atoms with Crippen LogP contribution in [0.1, 0.15) is 0 Å². The highest BCUT2D eigenvalue weighted by molar-refractivity contribution is 6.10. The SMILES string of the molecule is COc1ccc(-c2nc3ccc(F)cc3c3ccccc23)cc1. The van der Waals surface area contributed by atoms with Crippen LogP contribution >= 0.6 is 0 Å². The lowest BCUT2D eigenvalue weighted by Gasteiger charge is -2.10. The number of hydrogen-bond donors (Lipinski definition) is 0. The minimum absolute atomic E-state index is 0.248. The van der Waals surface area contributed by atoms with E-state index in [9.17, 15) is 4.39 Å². The van der Waals surface area contributed by atoms with Crippen LogP contribution in [0.15, 0.2) is 66.7 Å². The van der Waals surface area contributed by atoms with Gasteiger partial charge in [-0.2, -0.15) is 0 Å². The van der Waals surface area contributed by atoms with Gasteiger partial charge in [-0.25, -0.2) is 9.37 Å². The Morgan fingerprint density at radius 3 is 2.30 bits per heavy atom. The number of halogens is 1. The minimum Gasteiger partial charge on any atom is -0.497 e. The number of hydrogen-bond acceptors (Lipinski definition) is 2. The van der Waals surface area contributed by atoms with Crippen LogP contribution in [0.25, 0.3) is 32.9 Å². The highest BCUT2D eigenvalue weighted by Gasteiger charge is 2.10. The molecule has 4 rings (SSSR count). The lowest BCUT2D eigenvalue weighted by atomic mass is 10.00. The summed E-state index contributed by atoms with van der Waals surface area (Å²) in [6.45, 7) is 0. The van der Waals surface area contributed by atoms with E-state index in [1.165, 1.54) is 6.07 Å². The molecule has 2 nitrogen and oxygen atoms in total. The van der Waals surface area contributed by atoms with Crippen LogP contribution in [0, 0.1) is 5.82 Å². The fourth-order valence-corrected chi connectivity index (χ4v) is 2.90. The van der Waals surface area contributed by atoms with Crippen molar-refractivity contribution in [1.82, 2.24) is 4.98 Å². The van der Waals surface area contributed by atoms with E-state index in [0.29, 0.717) is 0 Å². The summed E-state index contributed by atoms with van der Waals surface area (Å²) in [5, 5.41) is 2.84. The quantitative estimate of drug-likeness (QED) is 0.475. The molecule has 0 unspecified atom stereocenters. The zero-order chi connectivity index (χ0) is 15.8. The van der Waals surface area contributed by atoms with Gasteiger partial charge >= 0.3 is 0 Å². The maximum Gasteiger partial charge on any atom is 0.123 e. The summed E-state index contributed by atoms with van der Waals surface area (Å²) >= 11 is 0. The Kier molecular flexibility index (Phi) is 3.19. The topological polar surface area (TPSA) is 22.1 Å². The lowest BCUT2D eigenvalue weighted by molar-refractivity contribution is 0.415. The molecule has 0 saturated carbocycles. The van der Waals surface area contributed by atoms with E-state index >= 15 is 0 Å². The Labute approximate surface area is 133 Å². The molecule has 23 heavy (non-hydrogen) atoms. The third kappa shape index (κ3) is 2.30. The maximum absolute atomic E-state index is 13.6. The normalized spacial score (nSPS) is 11.0. The predicted octanol–water partition coefficient (Wildman–Crippen LogP) is 5.20. The van der Waals surface area contributed by atoms with Gasteiger partial charge in [-0.15, -0.1) is 0 Å². The van der Waals surface area contributed by atoms with Gasteiger partial charge in [0, 0.05) is 16.3 Å². The Morgan fingerprint density at radius 1 is 0.826 bits per heavy atom. The van der Waals surface area contributed by atoms with Gasteiger partial charge in [-0.05, 0) is 47.9 Å². The van der Waals surface area contributed by atoms with Crippen LogP contribution in [0.5, 0.6) is 5.75 Å². The van der Waals surface area contributed by atoms with Crippen molar-refractivity contribution < 1.29 is 9.13 Å². The third-order valence-corrected chi connectivity index (χ3v) is 4.03. The van der Waals surface area contributed by atoms with Crippen molar-refractivity contribution in [2.75, 3.05) is 7.11 Å². The van der Waals surface area contributed by atoms with Gasteiger partial charge < -0.3 is 4.74 Å². The van der Waals surface area contributed by atoms with E-state index in [1.807, 2.05) is 48.5 Å². The van der Waals surface area contributed by atoms with Gasteiger partial charge in [0.25, 0.3) is 0 Å². The smallest absolute Gasteiger partial charge is 0.123 e. The molecule has 3 heteroatoms. The van der Waals surface area contributed by atoms with Gasteiger partial charge in [0.05, 0.1) is 18.3 Å². The molecular formula is C20H14FNO. The monoisotopic (exact) mass is 303 g/mol. The number of nitrogens with zero attached hydrogens (tertiary/aromatic N) is 1. The Bertz CT molecular complexity index is 1010. The van der Waals surface area contributed by atoms with E-state index in [1.54, 1.807) is 19.2 Å². The molecule has 0 radical (unpaired) electrons. The molecule has 0 aliphatic heterocycles. The van der Waals surface area contributed by atoms with Crippen molar-refractivity contribution >= 4 is 21.7 Å². The predicted molar refractivity (Wildman–Crippen MR) is 91.2 cm³/mol. The summed E-state index contributed by atoms with van der Waals surface area (Å²) in [5.41, 5.74) is 2.69. The second-order valence-corrected chi connectivity index (χ2v) is 5.40. The van der Waals surface area contributed by atoms with Crippen molar-refractivity contribution in [3.8, 4) is 17.0 Å². The van der Waals surface area contributed by atoms with Crippen molar-refractivity contribution in [2.45, 2.75) is 0 Å². The van der Waals surface area contributed by atoms with Gasteiger partial charge in [0.2, 0.25) is 0 Å². The number of fused-ring (bicyclic) bond motifs is 3. The molecule has 0 bridgehead atoms. The zero-order valence-corrected chi connectivity index (χ0v) is 12.6. The van der Waals surface area contributed by atoms with E-state index in [2.05, 4.69) is 0 Å². The van der Waals surface area contributed by atoms with Crippen molar-refractivity contribution in [1.29, 1.82) is 0 Å². The van der Waals surface area contributed by atoms with Gasteiger partial charge in [0.1, 0.15) is 11.6 Å². The fraction of sp³-hybridized carbons (Fsp3) is 0.0500. The first-order chi connectivity index (χ1) is 11.3. The van der Waals surface area contributed by atoms with Gasteiger partial charge in [-0.3, -0.25) is 0 Å². The molecule has 0 atom stereocenters. The highest BCUT2D eigenvalue weighted by Crippen LogP contribution is 2.33. The van der Waals surface area contributed by atoms with Crippen LogP contribution in [0.3, 0.4) is 0 Å². The first kappa shape index (κ1) is 13.7. The summed E-state index contributed by atoms with van der Waals surface area (Å²) in [6, 6.07) is 20.5. The number of benzene rings is 3. The molecule has 4 aromatic rings. The summed E-state index contributed by atoms with van der Waals surface area (Å²) in [4.78, 5) is 4.76. The van der Waals surface area contributed by atoms with Crippen LogP contribution in [-0.2, 0) is 0 Å². The molecule has 0 fully saturated rings. The molecule has 0 aliphatic rings. The van der Waals surface area contributed by atoms with E-state index in [-0.39, 0.29) is 5.82 Å². The molecule has 0 amide bonds.